The Kier molecular flexibility index (Phi) is 11.1. The van der Waals surface area contributed by atoms with Gasteiger partial charge in [-0.15, -0.1) is 0 Å². The molecular formula is C46H54Cl2Ti. The molecule has 2 unspecified atom stereocenters. The minimum Gasteiger partial charge on any atom is -1.00 e. The van der Waals surface area contributed by atoms with Crippen LogP contribution in [0.15, 0.2) is 96.1 Å². The molecule has 0 nitrogen and oxygen atoms in total. The Morgan fingerprint density at radius 1 is 0.531 bits per heavy atom. The van der Waals surface area contributed by atoms with Gasteiger partial charge in [-0.2, -0.15) is 0 Å². The third-order valence-corrected chi connectivity index (χ3v) is 19.8. The molecule has 4 aromatic rings. The van der Waals surface area contributed by atoms with Crippen molar-refractivity contribution in [2.75, 3.05) is 0 Å². The zero-order valence-corrected chi connectivity index (χ0v) is 34.0. The van der Waals surface area contributed by atoms with Gasteiger partial charge < -0.3 is 24.8 Å². The minimum absolute atomic E-state index is 0. The van der Waals surface area contributed by atoms with E-state index in [-0.39, 0.29) is 35.6 Å². The summed E-state index contributed by atoms with van der Waals surface area (Å²) in [4.78, 5) is 0. The maximum absolute atomic E-state index is 2.66. The predicted molar refractivity (Wildman–Crippen MR) is 202 cm³/mol. The van der Waals surface area contributed by atoms with Crippen LogP contribution in [0.25, 0.3) is 34.4 Å². The van der Waals surface area contributed by atoms with Crippen LogP contribution in [0.2, 0.25) is 9.45 Å². The van der Waals surface area contributed by atoms with E-state index in [1.807, 2.05) is 0 Å². The number of fused-ring (bicyclic) bond motifs is 2. The van der Waals surface area contributed by atoms with Crippen LogP contribution in [0, 0.1) is 0 Å². The first kappa shape index (κ1) is 37.9. The van der Waals surface area contributed by atoms with E-state index < -0.39 is 16.6 Å². The molecule has 1 heterocycles. The molecule has 1 aliphatic heterocycles. The van der Waals surface area contributed by atoms with Crippen molar-refractivity contribution in [2.45, 2.75) is 110 Å². The van der Waals surface area contributed by atoms with E-state index >= 15 is 0 Å². The van der Waals surface area contributed by atoms with Crippen molar-refractivity contribution >= 4 is 12.2 Å². The normalized spacial score (nSPS) is 18.2. The molecule has 49 heavy (non-hydrogen) atoms. The maximum Gasteiger partial charge on any atom is -1.00 e. The summed E-state index contributed by atoms with van der Waals surface area (Å²) in [6.45, 7) is 18.6. The fraction of sp³-hybridized carbons (Fsp3) is 0.391. The van der Waals surface area contributed by atoms with Crippen molar-refractivity contribution in [3.63, 3.8) is 0 Å². The molecule has 3 aliphatic rings. The average Bonchev–Trinajstić information content (AvgIpc) is 3.59. The van der Waals surface area contributed by atoms with Gasteiger partial charge in [0, 0.05) is 0 Å². The number of benzene rings is 4. The molecule has 0 amide bonds. The topological polar surface area (TPSA) is 0 Å². The first-order valence-corrected chi connectivity index (χ1v) is 22.4. The van der Waals surface area contributed by atoms with Gasteiger partial charge in [-0.05, 0) is 0 Å². The SMILES string of the molecule is CCCC1=Cc2c(-c3ccc(C(C)(C)C)cc3)cccc2[CH]1[Ti+2]1([CH]2C(CCC)=Cc3c(-c4ccc(C(C)(C)C)cc4)cccc32)[CH2][CH2]1.[Cl-].[Cl-]. The van der Waals surface area contributed by atoms with Crippen molar-refractivity contribution in [1.29, 1.82) is 0 Å². The molecule has 7 rings (SSSR count). The molecule has 4 aromatic carbocycles. The van der Waals surface area contributed by atoms with Crippen LogP contribution in [-0.2, 0) is 27.4 Å². The Labute approximate surface area is 313 Å². The van der Waals surface area contributed by atoms with Crippen LogP contribution in [0.1, 0.15) is 123 Å². The fourth-order valence-electron chi connectivity index (χ4n) is 8.99. The minimum atomic E-state index is -2.44. The van der Waals surface area contributed by atoms with Crippen molar-refractivity contribution in [2.24, 2.45) is 0 Å². The average molecular weight is 726 g/mol. The Morgan fingerprint density at radius 3 is 1.20 bits per heavy atom. The van der Waals surface area contributed by atoms with Crippen LogP contribution >= 0.6 is 0 Å². The van der Waals surface area contributed by atoms with E-state index in [4.69, 9.17) is 0 Å². The molecule has 0 spiro atoms. The van der Waals surface area contributed by atoms with Gasteiger partial charge >= 0.3 is 290 Å². The number of hydrogen-bond acceptors (Lipinski definition) is 0. The van der Waals surface area contributed by atoms with Crippen LogP contribution in [0.5, 0.6) is 0 Å². The molecule has 0 saturated carbocycles. The Hall–Kier alpha value is -2.35. The van der Waals surface area contributed by atoms with Crippen LogP contribution in [-0.4, -0.2) is 0 Å². The van der Waals surface area contributed by atoms with Crippen LogP contribution < -0.4 is 24.8 Å². The second-order valence-corrected chi connectivity index (χ2v) is 24.0. The largest absolute Gasteiger partial charge is 1.00 e. The van der Waals surface area contributed by atoms with Gasteiger partial charge in [0.1, 0.15) is 0 Å². The summed E-state index contributed by atoms with van der Waals surface area (Å²) in [6.07, 6.45) is 10.2. The summed E-state index contributed by atoms with van der Waals surface area (Å²) in [6, 6.07) is 33.4. The molecule has 0 N–H and O–H groups in total. The molecule has 2 aliphatic carbocycles. The summed E-state index contributed by atoms with van der Waals surface area (Å²) in [5.41, 5.74) is 18.6. The second kappa shape index (κ2) is 14.3. The van der Waals surface area contributed by atoms with Gasteiger partial charge in [0.15, 0.2) is 0 Å². The van der Waals surface area contributed by atoms with E-state index in [0.717, 1.165) is 0 Å². The maximum atomic E-state index is 2.66. The summed E-state index contributed by atoms with van der Waals surface area (Å²) in [7, 11) is 0. The predicted octanol–water partition coefficient (Wildman–Crippen LogP) is 7.80. The summed E-state index contributed by atoms with van der Waals surface area (Å²) >= 11 is -2.44. The zero-order valence-electron chi connectivity index (χ0n) is 30.9. The van der Waals surface area contributed by atoms with Crippen molar-refractivity contribution in [1.82, 2.24) is 0 Å². The van der Waals surface area contributed by atoms with E-state index in [2.05, 4.69) is 152 Å². The van der Waals surface area contributed by atoms with E-state index in [0.29, 0.717) is 8.45 Å². The monoisotopic (exact) mass is 724 g/mol. The second-order valence-electron chi connectivity index (χ2n) is 16.8. The van der Waals surface area contributed by atoms with E-state index in [1.54, 1.807) is 22.3 Å². The standard InChI is InChI=1S/2C22H25.C2H4.2ClH.Ti/c2*1-5-7-16-14-18-8-6-9-20(21(18)15-16)17-10-12-19(13-11-17)22(2,3)4;1-2;;;/h2*6,8-15H,5,7H2,1-4H3;1-2H2;2*1H;/q;;;;;+2/p-2. The number of hydrogen-bond donors (Lipinski definition) is 0. The quantitative estimate of drug-likeness (QED) is 0.163. The molecule has 1 fully saturated rings. The van der Waals surface area contributed by atoms with Crippen LogP contribution in [0.3, 0.4) is 0 Å². The number of allylic oxidation sites excluding steroid dienone is 2. The molecule has 256 valence electrons. The van der Waals surface area contributed by atoms with Gasteiger partial charge in [-0.25, -0.2) is 0 Å². The summed E-state index contributed by atoms with van der Waals surface area (Å²) in [5.74, 6) is 0. The summed E-state index contributed by atoms with van der Waals surface area (Å²) in [5, 5.41) is 0. The van der Waals surface area contributed by atoms with Crippen LogP contribution in [0.4, 0.5) is 0 Å². The van der Waals surface area contributed by atoms with Crippen molar-refractivity contribution in [3.05, 3.63) is 129 Å². The van der Waals surface area contributed by atoms with Gasteiger partial charge in [0.25, 0.3) is 0 Å². The van der Waals surface area contributed by atoms with Crippen molar-refractivity contribution < 1.29 is 41.4 Å². The Balaban J connectivity index is 0.00000234. The smallest absolute Gasteiger partial charge is 1.00 e. The molecule has 0 bridgehead atoms. The third kappa shape index (κ3) is 6.86. The third-order valence-electron chi connectivity index (χ3n) is 11.5. The number of rotatable bonds is 8. The first-order valence-electron chi connectivity index (χ1n) is 18.3. The van der Waals surface area contributed by atoms with E-state index in [9.17, 15) is 0 Å². The Bertz CT molecular complexity index is 1720. The van der Waals surface area contributed by atoms with Crippen molar-refractivity contribution in [3.8, 4) is 22.3 Å². The zero-order chi connectivity index (χ0) is 33.1. The Morgan fingerprint density at radius 2 is 0.898 bits per heavy atom. The van der Waals surface area contributed by atoms with Gasteiger partial charge in [0.05, 0.1) is 0 Å². The summed E-state index contributed by atoms with van der Waals surface area (Å²) < 4.78 is 4.32. The van der Waals surface area contributed by atoms with Gasteiger partial charge in [-0.3, -0.25) is 0 Å². The number of halogens is 2. The first-order chi connectivity index (χ1) is 22.5. The molecule has 3 heteroatoms. The fourth-order valence-corrected chi connectivity index (χ4v) is 19.4. The molecule has 2 atom stereocenters. The van der Waals surface area contributed by atoms with Gasteiger partial charge in [0.2, 0.25) is 0 Å². The molecule has 0 radical (unpaired) electrons. The van der Waals surface area contributed by atoms with Gasteiger partial charge in [-0.1, -0.05) is 0 Å². The molecule has 1 saturated heterocycles. The molecular weight excluding hydrogens is 671 g/mol. The van der Waals surface area contributed by atoms with E-state index in [1.165, 1.54) is 79.6 Å². The molecule has 0 aromatic heterocycles.